The van der Waals surface area contributed by atoms with Gasteiger partial charge >= 0.3 is 11.9 Å². The summed E-state index contributed by atoms with van der Waals surface area (Å²) in [7, 11) is 2.15. The van der Waals surface area contributed by atoms with E-state index >= 15 is 0 Å². The molecule has 0 bridgehead atoms. The minimum atomic E-state index is -1.42. The molecule has 1 fully saturated rings. The maximum absolute atomic E-state index is 14.3. The Bertz CT molecular complexity index is 1040. The predicted molar refractivity (Wildman–Crippen MR) is 126 cm³/mol. The number of benzene rings is 1. The van der Waals surface area contributed by atoms with E-state index in [0.29, 0.717) is 11.1 Å². The fraction of sp³-hybridized carbons (Fsp3) is 0.458. The highest BCUT2D eigenvalue weighted by Gasteiger charge is 2.27. The van der Waals surface area contributed by atoms with Crippen molar-refractivity contribution < 1.29 is 28.9 Å². The lowest BCUT2D eigenvalue weighted by Gasteiger charge is -2.28. The summed E-state index contributed by atoms with van der Waals surface area (Å²) in [6.07, 6.45) is 6.94. The van der Waals surface area contributed by atoms with E-state index in [1.807, 2.05) is 0 Å². The van der Waals surface area contributed by atoms with Crippen LogP contribution in [0.25, 0.3) is 11.1 Å². The summed E-state index contributed by atoms with van der Waals surface area (Å²) < 4.78 is 20.4. The van der Waals surface area contributed by atoms with E-state index in [0.717, 1.165) is 44.3 Å². The number of hydrogen-bond acceptors (Lipinski definition) is 5. The average molecular weight is 523 g/mol. The van der Waals surface area contributed by atoms with Crippen molar-refractivity contribution in [2.24, 2.45) is 5.92 Å². The van der Waals surface area contributed by atoms with Gasteiger partial charge in [-0.15, -0.1) is 0 Å². The van der Waals surface area contributed by atoms with Gasteiger partial charge in [-0.1, -0.05) is 6.42 Å². The van der Waals surface area contributed by atoms with Gasteiger partial charge in [0.15, 0.2) is 0 Å². The standard InChI is InChI=1S/C24H28BrFN2O5/c1-14-19(26)11-17(23(29)30)22(21(14)24(31)32)16-12-20(27-13-18(16)25)33-10-4-3-5-15-6-8-28(2)9-7-15/h11-13,15H,3-10H2,1-2H3,(H,29,30)(H,31,32). The van der Waals surface area contributed by atoms with E-state index in [9.17, 15) is 24.2 Å². The van der Waals surface area contributed by atoms with Crippen LogP contribution in [0, 0.1) is 18.7 Å². The molecule has 0 amide bonds. The van der Waals surface area contributed by atoms with Crippen molar-refractivity contribution in [3.8, 4) is 17.0 Å². The zero-order chi connectivity index (χ0) is 24.1. The number of aromatic nitrogens is 1. The summed E-state index contributed by atoms with van der Waals surface area (Å²) in [5.41, 5.74) is -0.794. The van der Waals surface area contributed by atoms with Crippen molar-refractivity contribution in [2.45, 2.75) is 39.0 Å². The molecule has 9 heteroatoms. The van der Waals surface area contributed by atoms with Crippen LogP contribution in [-0.4, -0.2) is 58.8 Å². The molecule has 0 unspecified atom stereocenters. The van der Waals surface area contributed by atoms with Crippen LogP contribution in [0.3, 0.4) is 0 Å². The molecule has 1 aromatic carbocycles. The summed E-state index contributed by atoms with van der Waals surface area (Å²) in [6, 6.07) is 2.34. The first-order chi connectivity index (χ1) is 15.7. The number of carbonyl (C=O) groups is 2. The molecule has 0 atom stereocenters. The van der Waals surface area contributed by atoms with Gasteiger partial charge < -0.3 is 19.8 Å². The minimum absolute atomic E-state index is 0.0877. The van der Waals surface area contributed by atoms with Gasteiger partial charge in [0.2, 0.25) is 5.88 Å². The van der Waals surface area contributed by atoms with E-state index in [2.05, 4.69) is 32.9 Å². The van der Waals surface area contributed by atoms with Gasteiger partial charge in [0.05, 0.1) is 17.7 Å². The number of carboxylic acids is 2. The highest BCUT2D eigenvalue weighted by atomic mass is 79.9. The van der Waals surface area contributed by atoms with Crippen LogP contribution < -0.4 is 4.74 Å². The van der Waals surface area contributed by atoms with Crippen molar-refractivity contribution >= 4 is 27.9 Å². The first kappa shape index (κ1) is 25.1. The number of ether oxygens (including phenoxy) is 1. The third-order valence-corrected chi connectivity index (χ3v) is 6.79. The molecule has 1 aliphatic rings. The molecule has 7 nitrogen and oxygen atoms in total. The molecule has 3 rings (SSSR count). The van der Waals surface area contributed by atoms with Gasteiger partial charge in [0.1, 0.15) is 5.82 Å². The Morgan fingerprint density at radius 2 is 1.91 bits per heavy atom. The molecular formula is C24H28BrFN2O5. The Hall–Kier alpha value is -2.52. The lowest BCUT2D eigenvalue weighted by molar-refractivity contribution is 0.0695. The van der Waals surface area contributed by atoms with Gasteiger partial charge in [-0.3, -0.25) is 0 Å². The van der Waals surface area contributed by atoms with Crippen LogP contribution in [-0.2, 0) is 0 Å². The predicted octanol–water partition coefficient (Wildman–Crippen LogP) is 5.25. The molecule has 2 heterocycles. The molecule has 1 saturated heterocycles. The highest BCUT2D eigenvalue weighted by molar-refractivity contribution is 9.10. The SMILES string of the molecule is Cc1c(F)cc(C(=O)O)c(-c2cc(OCCCCC3CCN(C)CC3)ncc2Br)c1C(=O)O. The summed E-state index contributed by atoms with van der Waals surface area (Å²) in [5.74, 6) is -2.72. The molecule has 1 aromatic heterocycles. The van der Waals surface area contributed by atoms with Gasteiger partial charge in [0.25, 0.3) is 0 Å². The van der Waals surface area contributed by atoms with E-state index in [-0.39, 0.29) is 22.6 Å². The summed E-state index contributed by atoms with van der Waals surface area (Å²) in [5, 5.41) is 19.3. The largest absolute Gasteiger partial charge is 0.478 e. The van der Waals surface area contributed by atoms with Crippen LogP contribution in [0.4, 0.5) is 4.39 Å². The molecule has 0 saturated carbocycles. The van der Waals surface area contributed by atoms with Crippen LogP contribution in [0.5, 0.6) is 5.88 Å². The molecule has 1 aliphatic heterocycles. The second kappa shape index (κ2) is 11.1. The second-order valence-electron chi connectivity index (χ2n) is 8.48. The monoisotopic (exact) mass is 522 g/mol. The number of carboxylic acid groups (broad SMARTS) is 2. The zero-order valence-corrected chi connectivity index (χ0v) is 20.3. The lowest BCUT2D eigenvalue weighted by Crippen LogP contribution is -2.30. The maximum Gasteiger partial charge on any atom is 0.336 e. The Morgan fingerprint density at radius 3 is 2.55 bits per heavy atom. The van der Waals surface area contributed by atoms with Gasteiger partial charge in [-0.05, 0) is 86.2 Å². The van der Waals surface area contributed by atoms with Crippen molar-refractivity contribution in [3.63, 3.8) is 0 Å². The molecule has 2 aromatic rings. The van der Waals surface area contributed by atoms with Gasteiger partial charge in [-0.25, -0.2) is 19.0 Å². The van der Waals surface area contributed by atoms with Crippen molar-refractivity contribution in [2.75, 3.05) is 26.7 Å². The number of aromatic carboxylic acids is 2. The van der Waals surface area contributed by atoms with Crippen LogP contribution >= 0.6 is 15.9 Å². The van der Waals surface area contributed by atoms with E-state index in [1.54, 1.807) is 0 Å². The summed E-state index contributed by atoms with van der Waals surface area (Å²) in [6.45, 7) is 4.05. The number of hydrogen-bond donors (Lipinski definition) is 2. The molecule has 2 N–H and O–H groups in total. The number of piperidine rings is 1. The first-order valence-electron chi connectivity index (χ1n) is 11.0. The molecule has 0 radical (unpaired) electrons. The highest BCUT2D eigenvalue weighted by Crippen LogP contribution is 2.37. The fourth-order valence-corrected chi connectivity index (χ4v) is 4.63. The van der Waals surface area contributed by atoms with Gasteiger partial charge in [0, 0.05) is 27.9 Å². The molecule has 0 aliphatic carbocycles. The van der Waals surface area contributed by atoms with E-state index < -0.39 is 28.9 Å². The maximum atomic E-state index is 14.3. The van der Waals surface area contributed by atoms with E-state index in [1.165, 1.54) is 32.0 Å². The van der Waals surface area contributed by atoms with Crippen molar-refractivity contribution in [1.29, 1.82) is 0 Å². The van der Waals surface area contributed by atoms with E-state index in [4.69, 9.17) is 4.74 Å². The Balaban J connectivity index is 1.76. The Morgan fingerprint density at radius 1 is 1.21 bits per heavy atom. The number of unbranched alkanes of at least 4 members (excludes halogenated alkanes) is 1. The Labute approximate surface area is 200 Å². The van der Waals surface area contributed by atoms with Crippen LogP contribution in [0.1, 0.15) is 58.4 Å². The lowest BCUT2D eigenvalue weighted by atomic mass is 9.91. The zero-order valence-electron chi connectivity index (χ0n) is 18.7. The molecule has 178 valence electrons. The summed E-state index contributed by atoms with van der Waals surface area (Å²) >= 11 is 3.32. The van der Waals surface area contributed by atoms with Crippen molar-refractivity contribution in [3.05, 3.63) is 45.3 Å². The Kier molecular flexibility index (Phi) is 8.42. The number of rotatable bonds is 9. The fourth-order valence-electron chi connectivity index (χ4n) is 4.22. The normalized spacial score (nSPS) is 14.9. The molecule has 33 heavy (non-hydrogen) atoms. The van der Waals surface area contributed by atoms with Crippen LogP contribution in [0.2, 0.25) is 0 Å². The third kappa shape index (κ3) is 6.09. The second-order valence-corrected chi connectivity index (χ2v) is 9.34. The number of pyridine rings is 1. The quantitative estimate of drug-likeness (QED) is 0.434. The smallest absolute Gasteiger partial charge is 0.336 e. The minimum Gasteiger partial charge on any atom is -0.478 e. The first-order valence-corrected chi connectivity index (χ1v) is 11.7. The summed E-state index contributed by atoms with van der Waals surface area (Å²) in [4.78, 5) is 30.3. The molecule has 0 spiro atoms. The van der Waals surface area contributed by atoms with Gasteiger partial charge in [-0.2, -0.15) is 0 Å². The number of nitrogens with zero attached hydrogens (tertiary/aromatic N) is 2. The average Bonchev–Trinajstić information content (AvgIpc) is 2.77. The van der Waals surface area contributed by atoms with Crippen molar-refractivity contribution in [1.82, 2.24) is 9.88 Å². The molecular weight excluding hydrogens is 495 g/mol. The third-order valence-electron chi connectivity index (χ3n) is 6.16. The topological polar surface area (TPSA) is 100.0 Å². The van der Waals surface area contributed by atoms with Crippen LogP contribution in [0.15, 0.2) is 22.8 Å². The number of likely N-dealkylation sites (tertiary alicyclic amines) is 1. The number of halogens is 2.